The van der Waals surface area contributed by atoms with Gasteiger partial charge in [-0.2, -0.15) is 5.10 Å². The number of anilines is 1. The largest absolute Gasteiger partial charge is 0.481 e. The molecule has 112 valence electrons. The number of hydrogen-bond acceptors (Lipinski definition) is 5. The molecular weight excluding hydrogens is 268 g/mol. The highest BCUT2D eigenvalue weighted by Gasteiger charge is 2.45. The van der Waals surface area contributed by atoms with E-state index in [2.05, 4.69) is 20.0 Å². The second kappa shape index (κ2) is 4.94. The molecule has 0 aromatic carbocycles. The molecule has 3 aliphatic rings. The molecule has 1 aliphatic heterocycles. The number of piperazine rings is 1. The average molecular weight is 288 g/mol. The Morgan fingerprint density at radius 2 is 1.90 bits per heavy atom. The molecule has 0 spiro atoms. The number of nitrogens with zero attached hydrogens (tertiary/aromatic N) is 4. The van der Waals surface area contributed by atoms with Crippen molar-refractivity contribution in [1.29, 1.82) is 0 Å². The Balaban J connectivity index is 1.37. The van der Waals surface area contributed by atoms with Crippen LogP contribution in [0.2, 0.25) is 0 Å². The topological polar surface area (TPSA) is 69.6 Å². The molecule has 1 aromatic heterocycles. The predicted molar refractivity (Wildman–Crippen MR) is 77.3 cm³/mol. The Morgan fingerprint density at radius 3 is 2.43 bits per heavy atom. The van der Waals surface area contributed by atoms with Crippen molar-refractivity contribution in [2.75, 3.05) is 31.1 Å². The molecule has 4 rings (SSSR count). The Bertz CT molecular complexity index is 535. The molecule has 2 unspecified atom stereocenters. The third-order valence-electron chi connectivity index (χ3n) is 4.86. The van der Waals surface area contributed by atoms with E-state index in [1.54, 1.807) is 0 Å². The van der Waals surface area contributed by atoms with Gasteiger partial charge in [0.2, 0.25) is 0 Å². The van der Waals surface area contributed by atoms with Crippen LogP contribution in [0, 0.1) is 5.92 Å². The zero-order chi connectivity index (χ0) is 14.4. The van der Waals surface area contributed by atoms with Crippen LogP contribution in [0.25, 0.3) is 0 Å². The van der Waals surface area contributed by atoms with E-state index < -0.39 is 5.97 Å². The van der Waals surface area contributed by atoms with Crippen LogP contribution in [0.5, 0.6) is 0 Å². The van der Waals surface area contributed by atoms with Gasteiger partial charge in [-0.1, -0.05) is 0 Å². The van der Waals surface area contributed by atoms with E-state index in [4.69, 9.17) is 5.11 Å². The summed E-state index contributed by atoms with van der Waals surface area (Å²) in [4.78, 5) is 15.7. The summed E-state index contributed by atoms with van der Waals surface area (Å²) in [6.07, 6.45) is 3.42. The maximum absolute atomic E-state index is 10.9. The summed E-state index contributed by atoms with van der Waals surface area (Å²) < 4.78 is 0. The highest BCUT2D eigenvalue weighted by Crippen LogP contribution is 2.46. The fourth-order valence-electron chi connectivity index (χ4n) is 3.25. The van der Waals surface area contributed by atoms with Crippen molar-refractivity contribution in [3.63, 3.8) is 0 Å². The first kappa shape index (κ1) is 13.0. The van der Waals surface area contributed by atoms with E-state index in [-0.39, 0.29) is 11.8 Å². The zero-order valence-corrected chi connectivity index (χ0v) is 12.0. The normalized spacial score (nSPS) is 29.4. The van der Waals surface area contributed by atoms with Gasteiger partial charge in [-0.15, -0.1) is 5.10 Å². The van der Waals surface area contributed by atoms with Crippen LogP contribution in [0.4, 0.5) is 5.82 Å². The van der Waals surface area contributed by atoms with Gasteiger partial charge in [0.1, 0.15) is 0 Å². The zero-order valence-electron chi connectivity index (χ0n) is 12.0. The molecule has 1 aromatic rings. The molecule has 6 nitrogen and oxygen atoms in total. The van der Waals surface area contributed by atoms with E-state index >= 15 is 0 Å². The number of aliphatic carboxylic acids is 1. The molecule has 1 N–H and O–H groups in total. The smallest absolute Gasteiger partial charge is 0.307 e. The first-order valence-electron chi connectivity index (χ1n) is 7.78. The number of rotatable bonds is 4. The Hall–Kier alpha value is -1.69. The molecule has 2 saturated carbocycles. The van der Waals surface area contributed by atoms with Crippen LogP contribution in [0.1, 0.15) is 30.9 Å². The molecule has 2 atom stereocenters. The second-order valence-electron chi connectivity index (χ2n) is 6.36. The Kier molecular flexibility index (Phi) is 3.06. The predicted octanol–water partition coefficient (Wildman–Crippen LogP) is 0.949. The van der Waals surface area contributed by atoms with Crippen molar-refractivity contribution in [3.8, 4) is 0 Å². The van der Waals surface area contributed by atoms with Crippen LogP contribution in [-0.4, -0.2) is 58.4 Å². The summed E-state index contributed by atoms with van der Waals surface area (Å²) in [5.41, 5.74) is 0.822. The minimum absolute atomic E-state index is 0.0655. The van der Waals surface area contributed by atoms with Crippen LogP contribution in [0.15, 0.2) is 12.1 Å². The van der Waals surface area contributed by atoms with E-state index in [0.29, 0.717) is 6.42 Å². The maximum Gasteiger partial charge on any atom is 0.307 e. The van der Waals surface area contributed by atoms with Crippen molar-refractivity contribution >= 4 is 11.8 Å². The number of carbonyl (C=O) groups is 1. The van der Waals surface area contributed by atoms with Crippen molar-refractivity contribution in [3.05, 3.63) is 17.8 Å². The van der Waals surface area contributed by atoms with E-state index in [9.17, 15) is 4.79 Å². The van der Waals surface area contributed by atoms with E-state index in [0.717, 1.165) is 43.7 Å². The van der Waals surface area contributed by atoms with Gasteiger partial charge in [-0.05, 0) is 31.4 Å². The summed E-state index contributed by atoms with van der Waals surface area (Å²) in [6, 6.07) is 4.78. The Labute approximate surface area is 123 Å². The number of hydrogen-bond donors (Lipinski definition) is 1. The fraction of sp³-hybridized carbons (Fsp3) is 0.667. The minimum Gasteiger partial charge on any atom is -0.481 e. The average Bonchev–Trinajstić information content (AvgIpc) is 3.40. The molecule has 2 aliphatic carbocycles. The lowest BCUT2D eigenvalue weighted by Gasteiger charge is -2.35. The van der Waals surface area contributed by atoms with Crippen molar-refractivity contribution in [1.82, 2.24) is 15.1 Å². The van der Waals surface area contributed by atoms with Crippen LogP contribution < -0.4 is 4.90 Å². The molecule has 21 heavy (non-hydrogen) atoms. The first-order chi connectivity index (χ1) is 10.2. The Morgan fingerprint density at radius 1 is 1.14 bits per heavy atom. The molecule has 3 fully saturated rings. The van der Waals surface area contributed by atoms with Gasteiger partial charge in [0.05, 0.1) is 11.6 Å². The first-order valence-corrected chi connectivity index (χ1v) is 7.78. The third-order valence-corrected chi connectivity index (χ3v) is 4.86. The lowest BCUT2D eigenvalue weighted by Crippen LogP contribution is -2.47. The number of carboxylic acids is 1. The van der Waals surface area contributed by atoms with Crippen LogP contribution >= 0.6 is 0 Å². The second-order valence-corrected chi connectivity index (χ2v) is 6.36. The maximum atomic E-state index is 10.9. The monoisotopic (exact) mass is 288 g/mol. The van der Waals surface area contributed by atoms with Gasteiger partial charge in [-0.3, -0.25) is 9.69 Å². The highest BCUT2D eigenvalue weighted by atomic mass is 16.4. The van der Waals surface area contributed by atoms with E-state index in [1.807, 2.05) is 12.1 Å². The van der Waals surface area contributed by atoms with Crippen molar-refractivity contribution in [2.24, 2.45) is 5.92 Å². The highest BCUT2D eigenvalue weighted by molar-refractivity contribution is 5.75. The van der Waals surface area contributed by atoms with Crippen LogP contribution in [-0.2, 0) is 4.79 Å². The standard InChI is InChI=1S/C15H20N4O2/c20-15(21)12-9-11(12)13-3-4-14(17-16-13)19-7-5-18(6-8-19)10-1-2-10/h3-4,10-12H,1-2,5-9H2,(H,20,21). The van der Waals surface area contributed by atoms with Crippen molar-refractivity contribution in [2.45, 2.75) is 31.2 Å². The fourth-order valence-corrected chi connectivity index (χ4v) is 3.25. The van der Waals surface area contributed by atoms with Crippen molar-refractivity contribution < 1.29 is 9.90 Å². The molecule has 0 bridgehead atoms. The summed E-state index contributed by atoms with van der Waals surface area (Å²) in [5, 5.41) is 17.5. The van der Waals surface area contributed by atoms with Gasteiger partial charge in [0, 0.05) is 38.1 Å². The molecular formula is C15H20N4O2. The minimum atomic E-state index is -0.720. The summed E-state index contributed by atoms with van der Waals surface area (Å²) >= 11 is 0. The number of aromatic nitrogens is 2. The molecule has 2 heterocycles. The van der Waals surface area contributed by atoms with Gasteiger partial charge in [0.15, 0.2) is 5.82 Å². The summed E-state index contributed by atoms with van der Waals surface area (Å²) in [7, 11) is 0. The van der Waals surface area contributed by atoms with Gasteiger partial charge < -0.3 is 10.0 Å². The SMILES string of the molecule is O=C(O)C1CC1c1ccc(N2CCN(C3CC3)CC2)nn1. The third kappa shape index (κ3) is 2.60. The molecule has 6 heteroatoms. The molecule has 0 amide bonds. The van der Waals surface area contributed by atoms with Gasteiger partial charge in [0.25, 0.3) is 0 Å². The quantitative estimate of drug-likeness (QED) is 0.889. The lowest BCUT2D eigenvalue weighted by atomic mass is 10.2. The van der Waals surface area contributed by atoms with Gasteiger partial charge in [-0.25, -0.2) is 0 Å². The summed E-state index contributed by atoms with van der Waals surface area (Å²) in [6.45, 7) is 4.23. The van der Waals surface area contributed by atoms with Crippen LogP contribution in [0.3, 0.4) is 0 Å². The molecule has 0 radical (unpaired) electrons. The van der Waals surface area contributed by atoms with E-state index in [1.165, 1.54) is 12.8 Å². The lowest BCUT2D eigenvalue weighted by molar-refractivity contribution is -0.138. The summed E-state index contributed by atoms with van der Waals surface area (Å²) in [5.74, 6) is 0.00629. The van der Waals surface area contributed by atoms with Gasteiger partial charge >= 0.3 is 5.97 Å². The number of carboxylic acid groups (broad SMARTS) is 1. The molecule has 1 saturated heterocycles.